The minimum absolute atomic E-state index is 0.153. The fourth-order valence-electron chi connectivity index (χ4n) is 1.84. The van der Waals surface area contributed by atoms with E-state index in [4.69, 9.17) is 11.5 Å². The molecule has 0 aliphatic carbocycles. The molecule has 1 amide bonds. The van der Waals surface area contributed by atoms with Gasteiger partial charge in [-0.2, -0.15) is 0 Å². The van der Waals surface area contributed by atoms with E-state index in [1.807, 2.05) is 0 Å². The zero-order valence-corrected chi connectivity index (χ0v) is 11.0. The number of benzene rings is 1. The summed E-state index contributed by atoms with van der Waals surface area (Å²) in [5, 5.41) is 0. The van der Waals surface area contributed by atoms with Crippen LogP contribution in [0.15, 0.2) is 36.4 Å². The van der Waals surface area contributed by atoms with Crippen molar-refractivity contribution in [2.75, 3.05) is 17.7 Å². The van der Waals surface area contributed by atoms with Gasteiger partial charge in [-0.1, -0.05) is 12.1 Å². The molecule has 1 aromatic heterocycles. The van der Waals surface area contributed by atoms with Crippen molar-refractivity contribution in [1.29, 1.82) is 0 Å². The third-order valence-corrected chi connectivity index (χ3v) is 2.85. The first-order valence-electron chi connectivity index (χ1n) is 5.99. The summed E-state index contributed by atoms with van der Waals surface area (Å²) in [6.07, 6.45) is 0. The molecule has 0 spiro atoms. The van der Waals surface area contributed by atoms with Crippen LogP contribution in [-0.2, 0) is 6.54 Å². The van der Waals surface area contributed by atoms with E-state index in [9.17, 15) is 9.18 Å². The number of aromatic nitrogens is 1. The Morgan fingerprint density at radius 1 is 1.25 bits per heavy atom. The Balaban J connectivity index is 2.24. The lowest BCUT2D eigenvalue weighted by molar-refractivity contribution is 0.0995. The number of hydrogen-bond donors (Lipinski definition) is 2. The predicted octanol–water partition coefficient (Wildman–Crippen LogP) is 1.54. The molecule has 1 heterocycles. The van der Waals surface area contributed by atoms with E-state index in [2.05, 4.69) is 4.98 Å². The van der Waals surface area contributed by atoms with Gasteiger partial charge in [0.2, 0.25) is 0 Å². The third kappa shape index (κ3) is 3.03. The average Bonchev–Trinajstić information content (AvgIpc) is 2.41. The average molecular weight is 274 g/mol. The Morgan fingerprint density at radius 3 is 2.50 bits per heavy atom. The number of primary amides is 1. The number of nitrogens with zero attached hydrogens (tertiary/aromatic N) is 2. The number of rotatable bonds is 4. The molecule has 0 unspecified atom stereocenters. The number of halogens is 1. The van der Waals surface area contributed by atoms with Crippen molar-refractivity contribution < 1.29 is 9.18 Å². The zero-order chi connectivity index (χ0) is 14.7. The van der Waals surface area contributed by atoms with Crippen molar-refractivity contribution in [2.45, 2.75) is 6.54 Å². The van der Waals surface area contributed by atoms with Crippen molar-refractivity contribution in [2.24, 2.45) is 5.73 Å². The van der Waals surface area contributed by atoms with Gasteiger partial charge in [0.15, 0.2) is 5.82 Å². The van der Waals surface area contributed by atoms with Crippen LogP contribution < -0.4 is 16.4 Å². The molecular weight excluding hydrogens is 259 g/mol. The lowest BCUT2D eigenvalue weighted by Crippen LogP contribution is -2.21. The van der Waals surface area contributed by atoms with Crippen LogP contribution in [0.1, 0.15) is 16.1 Å². The molecule has 0 bridgehead atoms. The molecule has 0 radical (unpaired) electrons. The van der Waals surface area contributed by atoms with Gasteiger partial charge in [-0.15, -0.1) is 0 Å². The fourth-order valence-corrected chi connectivity index (χ4v) is 1.84. The number of carbonyl (C=O) groups excluding carboxylic acids is 1. The fraction of sp³-hybridized carbons (Fsp3) is 0.143. The molecule has 20 heavy (non-hydrogen) atoms. The van der Waals surface area contributed by atoms with Crippen molar-refractivity contribution in [1.82, 2.24) is 4.98 Å². The van der Waals surface area contributed by atoms with Gasteiger partial charge in [0.05, 0.1) is 5.69 Å². The molecule has 0 saturated heterocycles. The molecule has 0 aliphatic rings. The van der Waals surface area contributed by atoms with Crippen LogP contribution >= 0.6 is 0 Å². The second-order valence-corrected chi connectivity index (χ2v) is 4.46. The van der Waals surface area contributed by atoms with Crippen molar-refractivity contribution in [3.8, 4) is 0 Å². The second kappa shape index (κ2) is 5.56. The highest BCUT2D eigenvalue weighted by molar-refractivity contribution is 5.91. The van der Waals surface area contributed by atoms with E-state index in [0.717, 1.165) is 5.56 Å². The van der Waals surface area contributed by atoms with Gasteiger partial charge in [0, 0.05) is 13.6 Å². The van der Waals surface area contributed by atoms with Crippen LogP contribution in [-0.4, -0.2) is 17.9 Å². The monoisotopic (exact) mass is 274 g/mol. The molecule has 0 fully saturated rings. The van der Waals surface area contributed by atoms with Gasteiger partial charge < -0.3 is 16.4 Å². The van der Waals surface area contributed by atoms with Crippen LogP contribution in [0, 0.1) is 5.82 Å². The molecule has 4 N–H and O–H groups in total. The highest BCUT2D eigenvalue weighted by atomic mass is 19.1. The van der Waals surface area contributed by atoms with Gasteiger partial charge in [-0.05, 0) is 29.8 Å². The van der Waals surface area contributed by atoms with E-state index in [1.54, 1.807) is 30.1 Å². The number of anilines is 2. The van der Waals surface area contributed by atoms with E-state index < -0.39 is 5.91 Å². The number of nitrogen functional groups attached to an aromatic ring is 1. The summed E-state index contributed by atoms with van der Waals surface area (Å²) in [7, 11) is 1.78. The van der Waals surface area contributed by atoms with Crippen LogP contribution in [0.2, 0.25) is 0 Å². The molecule has 0 aliphatic heterocycles. The summed E-state index contributed by atoms with van der Waals surface area (Å²) in [5.74, 6) is -0.433. The largest absolute Gasteiger partial charge is 0.396 e. The van der Waals surface area contributed by atoms with Gasteiger partial charge in [0.1, 0.15) is 11.5 Å². The number of carbonyl (C=O) groups is 1. The maximum absolute atomic E-state index is 12.9. The molecule has 0 saturated carbocycles. The van der Waals surface area contributed by atoms with Crippen molar-refractivity contribution in [3.05, 3.63) is 53.5 Å². The summed E-state index contributed by atoms with van der Waals surface area (Å²) >= 11 is 0. The standard InChI is InChI=1S/C14H15FN4O/c1-19(8-9-2-4-10(15)5-3-9)14-11(16)6-7-12(18-14)13(17)20/h2-7H,8,16H2,1H3,(H2,17,20). The van der Waals surface area contributed by atoms with Crippen LogP contribution in [0.5, 0.6) is 0 Å². The summed E-state index contributed by atoms with van der Waals surface area (Å²) in [6.45, 7) is 0.486. The first-order chi connectivity index (χ1) is 9.47. The van der Waals surface area contributed by atoms with Crippen LogP contribution in [0.4, 0.5) is 15.9 Å². The second-order valence-electron chi connectivity index (χ2n) is 4.46. The van der Waals surface area contributed by atoms with Gasteiger partial charge >= 0.3 is 0 Å². The summed E-state index contributed by atoms with van der Waals surface area (Å²) in [4.78, 5) is 17.1. The first kappa shape index (κ1) is 13.8. The van der Waals surface area contributed by atoms with Crippen LogP contribution in [0.25, 0.3) is 0 Å². The minimum atomic E-state index is -0.610. The number of nitrogens with two attached hydrogens (primary N) is 2. The molecule has 2 aromatic rings. The topological polar surface area (TPSA) is 85.2 Å². The first-order valence-corrected chi connectivity index (χ1v) is 5.99. The molecule has 104 valence electrons. The van der Waals surface area contributed by atoms with Gasteiger partial charge in [-0.25, -0.2) is 9.37 Å². The van der Waals surface area contributed by atoms with E-state index in [-0.39, 0.29) is 11.5 Å². The lowest BCUT2D eigenvalue weighted by Gasteiger charge is -2.20. The Morgan fingerprint density at radius 2 is 1.90 bits per heavy atom. The summed E-state index contributed by atoms with van der Waals surface area (Å²) in [6, 6.07) is 9.20. The molecule has 6 heteroatoms. The normalized spacial score (nSPS) is 10.3. The summed E-state index contributed by atoms with van der Waals surface area (Å²) in [5.41, 5.74) is 12.6. The number of hydrogen-bond acceptors (Lipinski definition) is 4. The Hall–Kier alpha value is -2.63. The van der Waals surface area contributed by atoms with E-state index in [0.29, 0.717) is 18.1 Å². The Labute approximate surface area is 116 Å². The Kier molecular flexibility index (Phi) is 3.84. The van der Waals surface area contributed by atoms with Crippen molar-refractivity contribution in [3.63, 3.8) is 0 Å². The zero-order valence-electron chi connectivity index (χ0n) is 11.0. The smallest absolute Gasteiger partial charge is 0.267 e. The van der Waals surface area contributed by atoms with Gasteiger partial charge in [0.25, 0.3) is 5.91 Å². The number of amides is 1. The maximum atomic E-state index is 12.9. The molecule has 0 atom stereocenters. The SMILES string of the molecule is CN(Cc1ccc(F)cc1)c1nc(C(N)=O)ccc1N. The highest BCUT2D eigenvalue weighted by Crippen LogP contribution is 2.21. The van der Waals surface area contributed by atoms with E-state index >= 15 is 0 Å². The molecule has 5 nitrogen and oxygen atoms in total. The van der Waals surface area contributed by atoms with E-state index in [1.165, 1.54) is 18.2 Å². The molecule has 2 rings (SSSR count). The minimum Gasteiger partial charge on any atom is -0.396 e. The number of pyridine rings is 1. The van der Waals surface area contributed by atoms with Gasteiger partial charge in [-0.3, -0.25) is 4.79 Å². The predicted molar refractivity (Wildman–Crippen MR) is 75.7 cm³/mol. The third-order valence-electron chi connectivity index (χ3n) is 2.85. The van der Waals surface area contributed by atoms with Crippen molar-refractivity contribution >= 4 is 17.4 Å². The quantitative estimate of drug-likeness (QED) is 0.885. The molecular formula is C14H15FN4O. The Bertz CT molecular complexity index is 628. The van der Waals surface area contributed by atoms with Crippen LogP contribution in [0.3, 0.4) is 0 Å². The maximum Gasteiger partial charge on any atom is 0.267 e. The summed E-state index contributed by atoms with van der Waals surface area (Å²) < 4.78 is 12.9. The highest BCUT2D eigenvalue weighted by Gasteiger charge is 2.11. The lowest BCUT2D eigenvalue weighted by atomic mass is 10.2. The molecule has 1 aromatic carbocycles.